The fraction of sp³-hybridized carbons (Fsp3) is 0.250. The van der Waals surface area contributed by atoms with Crippen molar-refractivity contribution in [1.29, 1.82) is 0 Å². The second kappa shape index (κ2) is 6.29. The molecule has 0 aliphatic carbocycles. The second-order valence-electron chi connectivity index (χ2n) is 6.30. The van der Waals surface area contributed by atoms with Crippen molar-refractivity contribution in [3.63, 3.8) is 0 Å². The van der Waals surface area contributed by atoms with E-state index in [0.717, 1.165) is 34.6 Å². The molecule has 0 saturated heterocycles. The zero-order valence-corrected chi connectivity index (χ0v) is 13.8. The van der Waals surface area contributed by atoms with Crippen LogP contribution in [-0.2, 0) is 6.42 Å². The Morgan fingerprint density at radius 3 is 2.30 bits per heavy atom. The van der Waals surface area contributed by atoms with Gasteiger partial charge in [-0.1, -0.05) is 56.3 Å². The average Bonchev–Trinajstić information content (AvgIpc) is 2.85. The summed E-state index contributed by atoms with van der Waals surface area (Å²) in [6.07, 6.45) is 0.755. The summed E-state index contributed by atoms with van der Waals surface area (Å²) in [6.45, 7) is 6.32. The largest absolute Gasteiger partial charge is 0.504 e. The Labute approximate surface area is 137 Å². The lowest BCUT2D eigenvalue weighted by Gasteiger charge is -2.10. The van der Waals surface area contributed by atoms with Gasteiger partial charge in [-0.3, -0.25) is 0 Å². The first-order valence-corrected chi connectivity index (χ1v) is 8.00. The third-order valence-corrected chi connectivity index (χ3v) is 3.93. The van der Waals surface area contributed by atoms with E-state index in [-0.39, 0.29) is 5.75 Å². The molecule has 3 nitrogen and oxygen atoms in total. The average molecular weight is 306 g/mol. The molecule has 0 aliphatic heterocycles. The van der Waals surface area contributed by atoms with Crippen molar-refractivity contribution < 1.29 is 5.11 Å². The molecular formula is C20H22N2O. The van der Waals surface area contributed by atoms with Gasteiger partial charge in [0.05, 0.1) is 5.69 Å². The molecule has 3 rings (SSSR count). The van der Waals surface area contributed by atoms with Gasteiger partial charge < -0.3 is 5.11 Å². The number of benzene rings is 2. The monoisotopic (exact) mass is 306 g/mol. The molecule has 3 aromatic rings. The maximum absolute atomic E-state index is 10.8. The molecule has 118 valence electrons. The van der Waals surface area contributed by atoms with Crippen LogP contribution in [0.2, 0.25) is 0 Å². The van der Waals surface area contributed by atoms with Gasteiger partial charge in [0, 0.05) is 5.56 Å². The van der Waals surface area contributed by atoms with Crippen LogP contribution >= 0.6 is 0 Å². The number of aromatic nitrogens is 2. The molecule has 0 fully saturated rings. The Morgan fingerprint density at radius 1 is 1.00 bits per heavy atom. The SMILES string of the molecule is Cc1ccccc1-c1c(O)c(CC(C)C)nn1-c1ccccc1. The Kier molecular flexibility index (Phi) is 4.20. The molecule has 1 aromatic heterocycles. The molecule has 0 saturated carbocycles. The van der Waals surface area contributed by atoms with Crippen LogP contribution in [0.1, 0.15) is 25.1 Å². The summed E-state index contributed by atoms with van der Waals surface area (Å²) in [4.78, 5) is 0. The minimum Gasteiger partial charge on any atom is -0.504 e. The van der Waals surface area contributed by atoms with Crippen molar-refractivity contribution in [1.82, 2.24) is 9.78 Å². The van der Waals surface area contributed by atoms with Crippen LogP contribution in [0.4, 0.5) is 0 Å². The highest BCUT2D eigenvalue weighted by atomic mass is 16.3. The second-order valence-corrected chi connectivity index (χ2v) is 6.30. The lowest BCUT2D eigenvalue weighted by Crippen LogP contribution is -2.01. The lowest BCUT2D eigenvalue weighted by atomic mass is 10.0. The number of para-hydroxylation sites is 1. The van der Waals surface area contributed by atoms with Crippen molar-refractivity contribution in [2.24, 2.45) is 5.92 Å². The summed E-state index contributed by atoms with van der Waals surface area (Å²) in [5, 5.41) is 15.5. The number of nitrogens with zero attached hydrogens (tertiary/aromatic N) is 2. The first-order valence-electron chi connectivity index (χ1n) is 8.00. The predicted molar refractivity (Wildman–Crippen MR) is 93.9 cm³/mol. The highest BCUT2D eigenvalue weighted by Gasteiger charge is 2.21. The van der Waals surface area contributed by atoms with Crippen molar-refractivity contribution in [2.75, 3.05) is 0 Å². The van der Waals surface area contributed by atoms with E-state index in [2.05, 4.69) is 26.8 Å². The van der Waals surface area contributed by atoms with Crippen molar-refractivity contribution in [3.05, 3.63) is 65.9 Å². The molecule has 23 heavy (non-hydrogen) atoms. The molecule has 0 unspecified atom stereocenters. The minimum atomic E-state index is 0.289. The Balaban J connectivity index is 2.24. The molecule has 3 heteroatoms. The molecule has 0 bridgehead atoms. The fourth-order valence-corrected chi connectivity index (χ4v) is 2.82. The van der Waals surface area contributed by atoms with Gasteiger partial charge in [0.15, 0.2) is 5.75 Å². The maximum atomic E-state index is 10.8. The number of hydrogen-bond acceptors (Lipinski definition) is 2. The topological polar surface area (TPSA) is 38.1 Å². The van der Waals surface area contributed by atoms with E-state index < -0.39 is 0 Å². The quantitative estimate of drug-likeness (QED) is 0.755. The van der Waals surface area contributed by atoms with E-state index in [1.54, 1.807) is 0 Å². The molecule has 0 radical (unpaired) electrons. The Bertz CT molecular complexity index is 804. The molecule has 1 N–H and O–H groups in total. The Morgan fingerprint density at radius 2 is 1.65 bits per heavy atom. The molecule has 0 spiro atoms. The van der Waals surface area contributed by atoms with Gasteiger partial charge >= 0.3 is 0 Å². The predicted octanol–water partition coefficient (Wildman–Crippen LogP) is 4.75. The highest BCUT2D eigenvalue weighted by Crippen LogP contribution is 2.36. The summed E-state index contributed by atoms with van der Waals surface area (Å²) in [6, 6.07) is 18.1. The van der Waals surface area contributed by atoms with Crippen LogP contribution in [0.3, 0.4) is 0 Å². The fourth-order valence-electron chi connectivity index (χ4n) is 2.82. The van der Waals surface area contributed by atoms with Crippen molar-refractivity contribution >= 4 is 0 Å². The zero-order chi connectivity index (χ0) is 16.4. The van der Waals surface area contributed by atoms with E-state index in [4.69, 9.17) is 5.10 Å². The summed E-state index contributed by atoms with van der Waals surface area (Å²) in [5.74, 6) is 0.724. The standard InChI is InChI=1S/C20H22N2O/c1-14(2)13-18-20(23)19(17-12-8-7-9-15(17)3)22(21-18)16-10-5-4-6-11-16/h4-12,14,23H,13H2,1-3H3. The summed E-state index contributed by atoms with van der Waals surface area (Å²) < 4.78 is 1.86. The van der Waals surface area contributed by atoms with E-state index in [1.165, 1.54) is 0 Å². The van der Waals surface area contributed by atoms with E-state index in [1.807, 2.05) is 53.2 Å². The number of aryl methyl sites for hydroxylation is 1. The van der Waals surface area contributed by atoms with Crippen LogP contribution in [0, 0.1) is 12.8 Å². The van der Waals surface area contributed by atoms with Gasteiger partial charge in [-0.15, -0.1) is 0 Å². The van der Waals surface area contributed by atoms with E-state index in [9.17, 15) is 5.11 Å². The Hall–Kier alpha value is -2.55. The van der Waals surface area contributed by atoms with Crippen LogP contribution in [0.5, 0.6) is 5.75 Å². The zero-order valence-electron chi connectivity index (χ0n) is 13.8. The highest BCUT2D eigenvalue weighted by molar-refractivity contribution is 5.72. The molecule has 1 heterocycles. The van der Waals surface area contributed by atoms with Crippen LogP contribution < -0.4 is 0 Å². The first-order chi connectivity index (χ1) is 11.1. The van der Waals surface area contributed by atoms with E-state index >= 15 is 0 Å². The van der Waals surface area contributed by atoms with Gasteiger partial charge in [0.2, 0.25) is 0 Å². The third-order valence-electron chi connectivity index (χ3n) is 3.93. The van der Waals surface area contributed by atoms with Crippen LogP contribution in [0.15, 0.2) is 54.6 Å². The van der Waals surface area contributed by atoms with Gasteiger partial charge in [0.1, 0.15) is 11.4 Å². The summed E-state index contributed by atoms with van der Waals surface area (Å²) in [5.41, 5.74) is 4.61. The first kappa shape index (κ1) is 15.3. The maximum Gasteiger partial charge on any atom is 0.165 e. The minimum absolute atomic E-state index is 0.289. The number of rotatable bonds is 4. The van der Waals surface area contributed by atoms with Gasteiger partial charge in [-0.25, -0.2) is 4.68 Å². The molecule has 0 amide bonds. The van der Waals surface area contributed by atoms with Gasteiger partial charge in [0.25, 0.3) is 0 Å². The number of hydrogen-bond donors (Lipinski definition) is 1. The van der Waals surface area contributed by atoms with Crippen LogP contribution in [0.25, 0.3) is 16.9 Å². The normalized spacial score (nSPS) is 11.1. The summed E-state index contributed by atoms with van der Waals surface area (Å²) >= 11 is 0. The van der Waals surface area contributed by atoms with Crippen LogP contribution in [-0.4, -0.2) is 14.9 Å². The molecular weight excluding hydrogens is 284 g/mol. The summed E-state index contributed by atoms with van der Waals surface area (Å²) in [7, 11) is 0. The van der Waals surface area contributed by atoms with Crippen molar-refractivity contribution in [2.45, 2.75) is 27.2 Å². The molecule has 2 aromatic carbocycles. The van der Waals surface area contributed by atoms with Gasteiger partial charge in [-0.2, -0.15) is 5.10 Å². The van der Waals surface area contributed by atoms with Crippen molar-refractivity contribution in [3.8, 4) is 22.7 Å². The van der Waals surface area contributed by atoms with Gasteiger partial charge in [-0.05, 0) is 37.0 Å². The smallest absolute Gasteiger partial charge is 0.165 e. The molecule has 0 aliphatic rings. The lowest BCUT2D eigenvalue weighted by molar-refractivity contribution is 0.464. The van der Waals surface area contributed by atoms with E-state index in [0.29, 0.717) is 5.92 Å². The third kappa shape index (κ3) is 3.00. The molecule has 0 atom stereocenters. The number of aromatic hydroxyl groups is 1.